The monoisotopic (exact) mass is 434 g/mol. The zero-order valence-corrected chi connectivity index (χ0v) is 14.7. The number of benzene rings is 2. The molecule has 2 rings (SSSR count). The number of hydrogen-bond donors (Lipinski definition) is 3. The summed E-state index contributed by atoms with van der Waals surface area (Å²) in [4.78, 5) is 0.0326. The van der Waals surface area contributed by atoms with E-state index >= 15 is 0 Å². The lowest BCUT2D eigenvalue weighted by Crippen LogP contribution is -2.12. The lowest BCUT2D eigenvalue weighted by molar-refractivity contribution is 0.465. The Labute approximate surface area is 139 Å². The Morgan fingerprint density at radius 3 is 2.48 bits per heavy atom. The van der Waals surface area contributed by atoms with E-state index in [1.54, 1.807) is 18.2 Å². The highest BCUT2D eigenvalue weighted by Crippen LogP contribution is 2.30. The minimum atomic E-state index is -3.73. The molecule has 0 fully saturated rings. The first-order valence-corrected chi connectivity index (χ1v) is 8.95. The van der Waals surface area contributed by atoms with Gasteiger partial charge >= 0.3 is 0 Å². The first kappa shape index (κ1) is 16.3. The van der Waals surface area contributed by atoms with Crippen LogP contribution in [0.2, 0.25) is 0 Å². The molecule has 0 aromatic heterocycles. The number of hydrogen-bond acceptors (Lipinski definition) is 4. The largest absolute Gasteiger partial charge is 0.506 e. The number of nitrogens with two attached hydrogens (primary N) is 1. The third-order valence-electron chi connectivity index (χ3n) is 2.81. The SMILES string of the molecule is NS(=O)(=O)c1ccc(NCc2cccc(Br)c2O)c(Br)c1. The molecule has 2 aromatic carbocycles. The van der Waals surface area contributed by atoms with E-state index in [0.717, 1.165) is 0 Å². The van der Waals surface area contributed by atoms with Crippen molar-refractivity contribution in [2.75, 3.05) is 5.32 Å². The van der Waals surface area contributed by atoms with Crippen LogP contribution in [-0.4, -0.2) is 13.5 Å². The molecule has 2 aromatic rings. The second-order valence-corrected chi connectivity index (χ2v) is 7.56. The summed E-state index contributed by atoms with van der Waals surface area (Å²) in [5.41, 5.74) is 1.41. The van der Waals surface area contributed by atoms with Gasteiger partial charge in [-0.05, 0) is 56.1 Å². The molecule has 0 heterocycles. The van der Waals surface area contributed by atoms with Crippen molar-refractivity contribution in [1.82, 2.24) is 0 Å². The van der Waals surface area contributed by atoms with E-state index in [4.69, 9.17) is 5.14 Å². The molecule has 0 atom stereocenters. The number of aromatic hydroxyl groups is 1. The summed E-state index contributed by atoms with van der Waals surface area (Å²) in [5.74, 6) is 0.169. The quantitative estimate of drug-likeness (QED) is 0.687. The predicted octanol–water partition coefficient (Wildman–Crippen LogP) is 3.18. The number of phenols is 1. The molecule has 21 heavy (non-hydrogen) atoms. The molecule has 5 nitrogen and oxygen atoms in total. The number of halogens is 2. The van der Waals surface area contributed by atoms with Crippen molar-refractivity contribution in [3.63, 3.8) is 0 Å². The predicted molar refractivity (Wildman–Crippen MR) is 88.6 cm³/mol. The van der Waals surface area contributed by atoms with Gasteiger partial charge in [-0.3, -0.25) is 0 Å². The molecule has 112 valence electrons. The fraction of sp³-hybridized carbons (Fsp3) is 0.0769. The molecule has 0 bridgehead atoms. The van der Waals surface area contributed by atoms with Crippen molar-refractivity contribution < 1.29 is 13.5 Å². The van der Waals surface area contributed by atoms with Gasteiger partial charge in [-0.1, -0.05) is 12.1 Å². The smallest absolute Gasteiger partial charge is 0.238 e. The van der Waals surface area contributed by atoms with Crippen LogP contribution in [0.4, 0.5) is 5.69 Å². The summed E-state index contributed by atoms with van der Waals surface area (Å²) in [5, 5.41) is 18.1. The maximum atomic E-state index is 11.3. The highest BCUT2D eigenvalue weighted by atomic mass is 79.9. The van der Waals surface area contributed by atoms with E-state index < -0.39 is 10.0 Å². The van der Waals surface area contributed by atoms with Crippen LogP contribution in [0.5, 0.6) is 5.75 Å². The fourth-order valence-corrected chi connectivity index (χ4v) is 3.33. The van der Waals surface area contributed by atoms with E-state index in [9.17, 15) is 13.5 Å². The van der Waals surface area contributed by atoms with Crippen LogP contribution in [0.25, 0.3) is 0 Å². The normalized spacial score (nSPS) is 11.4. The van der Waals surface area contributed by atoms with Gasteiger partial charge in [-0.25, -0.2) is 13.6 Å². The van der Waals surface area contributed by atoms with Crippen LogP contribution in [-0.2, 0) is 16.6 Å². The Morgan fingerprint density at radius 1 is 1.14 bits per heavy atom. The summed E-state index contributed by atoms with van der Waals surface area (Å²) in [7, 11) is -3.73. The molecule has 8 heteroatoms. The lowest BCUT2D eigenvalue weighted by atomic mass is 10.2. The number of para-hydroxylation sites is 1. The van der Waals surface area contributed by atoms with Gasteiger partial charge < -0.3 is 10.4 Å². The molecule has 0 radical (unpaired) electrons. The van der Waals surface area contributed by atoms with Crippen LogP contribution in [0.3, 0.4) is 0 Å². The van der Waals surface area contributed by atoms with Crippen molar-refractivity contribution in [2.45, 2.75) is 11.4 Å². The number of sulfonamides is 1. The number of nitrogens with one attached hydrogen (secondary N) is 1. The Kier molecular flexibility index (Phi) is 4.92. The molecule has 0 aliphatic carbocycles. The second kappa shape index (κ2) is 6.35. The molecule has 0 saturated carbocycles. The molecule has 0 aliphatic rings. The molecule has 0 unspecified atom stereocenters. The van der Waals surface area contributed by atoms with Crippen LogP contribution in [0.1, 0.15) is 5.56 Å². The zero-order valence-electron chi connectivity index (χ0n) is 10.7. The van der Waals surface area contributed by atoms with Crippen molar-refractivity contribution >= 4 is 47.6 Å². The van der Waals surface area contributed by atoms with E-state index in [1.165, 1.54) is 12.1 Å². The Morgan fingerprint density at radius 2 is 1.86 bits per heavy atom. The molecule has 0 amide bonds. The van der Waals surface area contributed by atoms with Crippen LogP contribution in [0.15, 0.2) is 50.2 Å². The van der Waals surface area contributed by atoms with Crippen molar-refractivity contribution in [2.24, 2.45) is 5.14 Å². The van der Waals surface area contributed by atoms with Gasteiger partial charge in [-0.15, -0.1) is 0 Å². The number of primary sulfonamides is 1. The van der Waals surface area contributed by atoms with E-state index in [2.05, 4.69) is 37.2 Å². The first-order chi connectivity index (χ1) is 9.79. The van der Waals surface area contributed by atoms with Gasteiger partial charge in [0.25, 0.3) is 0 Å². The minimum absolute atomic E-state index is 0.0326. The minimum Gasteiger partial charge on any atom is -0.506 e. The van der Waals surface area contributed by atoms with E-state index in [0.29, 0.717) is 26.7 Å². The summed E-state index contributed by atoms with van der Waals surface area (Å²) >= 11 is 6.54. The topological polar surface area (TPSA) is 92.4 Å². The van der Waals surface area contributed by atoms with E-state index in [-0.39, 0.29) is 10.6 Å². The van der Waals surface area contributed by atoms with Crippen LogP contribution < -0.4 is 10.5 Å². The first-order valence-electron chi connectivity index (χ1n) is 5.81. The molecule has 0 saturated heterocycles. The van der Waals surface area contributed by atoms with Gasteiger partial charge in [0.1, 0.15) is 5.75 Å². The number of anilines is 1. The van der Waals surface area contributed by atoms with Gasteiger partial charge in [0.15, 0.2) is 0 Å². The molecule has 0 spiro atoms. The maximum absolute atomic E-state index is 11.3. The molecule has 4 N–H and O–H groups in total. The molecular formula is C13H12Br2N2O3S. The summed E-state index contributed by atoms with van der Waals surface area (Å²) < 4.78 is 23.7. The van der Waals surface area contributed by atoms with E-state index in [1.807, 2.05) is 6.07 Å². The van der Waals surface area contributed by atoms with Crippen LogP contribution >= 0.6 is 31.9 Å². The van der Waals surface area contributed by atoms with Gasteiger partial charge in [0.05, 0.1) is 9.37 Å². The second-order valence-electron chi connectivity index (χ2n) is 4.29. The summed E-state index contributed by atoms with van der Waals surface area (Å²) in [6, 6.07) is 9.82. The number of phenolic OH excluding ortho intramolecular Hbond substituents is 1. The third kappa shape index (κ3) is 3.97. The summed E-state index contributed by atoms with van der Waals surface area (Å²) in [6.07, 6.45) is 0. The highest BCUT2D eigenvalue weighted by Gasteiger charge is 2.11. The lowest BCUT2D eigenvalue weighted by Gasteiger charge is -2.11. The molecule has 0 aliphatic heterocycles. The van der Waals surface area contributed by atoms with Crippen LogP contribution in [0, 0.1) is 0 Å². The zero-order chi connectivity index (χ0) is 15.6. The Balaban J connectivity index is 2.19. The van der Waals surface area contributed by atoms with Crippen molar-refractivity contribution in [1.29, 1.82) is 0 Å². The third-order valence-corrected chi connectivity index (χ3v) is 5.02. The average Bonchev–Trinajstić information content (AvgIpc) is 2.40. The van der Waals surface area contributed by atoms with Gasteiger partial charge in [-0.2, -0.15) is 0 Å². The van der Waals surface area contributed by atoms with Crippen molar-refractivity contribution in [3.8, 4) is 5.75 Å². The van der Waals surface area contributed by atoms with Gasteiger partial charge in [0.2, 0.25) is 10.0 Å². The average molecular weight is 436 g/mol. The summed E-state index contributed by atoms with van der Waals surface area (Å²) in [6.45, 7) is 0.387. The number of rotatable bonds is 4. The maximum Gasteiger partial charge on any atom is 0.238 e. The highest BCUT2D eigenvalue weighted by molar-refractivity contribution is 9.11. The Bertz CT molecular complexity index is 779. The fourth-order valence-electron chi connectivity index (χ4n) is 1.71. The van der Waals surface area contributed by atoms with Gasteiger partial charge in [0, 0.05) is 22.3 Å². The standard InChI is InChI=1S/C13H12Br2N2O3S/c14-10-3-1-2-8(13(10)18)7-17-12-5-4-9(6-11(12)15)21(16,19)20/h1-6,17-18H,7H2,(H2,16,19,20). The van der Waals surface area contributed by atoms with Crippen molar-refractivity contribution in [3.05, 3.63) is 50.9 Å². The molecular weight excluding hydrogens is 424 g/mol. The Hall–Kier alpha value is -1.09.